The number of nitrogens with zero attached hydrogens (tertiary/aromatic N) is 3. The molecule has 1 aliphatic heterocycles. The third kappa shape index (κ3) is 5.15. The van der Waals surface area contributed by atoms with Gasteiger partial charge in [-0.1, -0.05) is 11.6 Å². The number of alkyl halides is 3. The Morgan fingerprint density at radius 2 is 1.69 bits per heavy atom. The molecule has 1 aromatic carbocycles. The topological polar surface area (TPSA) is 40.6 Å². The predicted molar refractivity (Wildman–Crippen MR) is 95.4 cm³/mol. The molecule has 3 rings (SSSR count). The Kier molecular flexibility index (Phi) is 5.43. The van der Waals surface area contributed by atoms with Crippen molar-refractivity contribution in [2.45, 2.75) is 6.36 Å². The Bertz CT molecular complexity index is 747. The maximum atomic E-state index is 12.2. The number of rotatable bonds is 4. The Balaban J connectivity index is 1.71. The molecule has 9 heteroatoms. The van der Waals surface area contributed by atoms with E-state index in [9.17, 15) is 13.2 Å². The monoisotopic (exact) mass is 386 g/mol. The lowest BCUT2D eigenvalue weighted by atomic mass is 10.2. The lowest BCUT2D eigenvalue weighted by molar-refractivity contribution is -0.274. The number of ether oxygens (including phenoxy) is 1. The van der Waals surface area contributed by atoms with Crippen LogP contribution in [0.25, 0.3) is 0 Å². The molecule has 1 aromatic heterocycles. The van der Waals surface area contributed by atoms with E-state index in [1.54, 1.807) is 6.07 Å². The minimum Gasteiger partial charge on any atom is -0.406 e. The molecule has 0 atom stereocenters. The van der Waals surface area contributed by atoms with Gasteiger partial charge in [0.2, 0.25) is 0 Å². The van der Waals surface area contributed by atoms with Gasteiger partial charge in [-0.3, -0.25) is 0 Å². The largest absolute Gasteiger partial charge is 0.573 e. The summed E-state index contributed by atoms with van der Waals surface area (Å²) in [5, 5.41) is 3.47. The Morgan fingerprint density at radius 1 is 1.04 bits per heavy atom. The van der Waals surface area contributed by atoms with Crippen LogP contribution in [-0.4, -0.2) is 49.5 Å². The van der Waals surface area contributed by atoms with Crippen LogP contribution >= 0.6 is 11.6 Å². The molecule has 1 fully saturated rings. The van der Waals surface area contributed by atoms with Crippen molar-refractivity contribution in [1.29, 1.82) is 0 Å². The summed E-state index contributed by atoms with van der Waals surface area (Å²) in [5.74, 6) is 0.499. The second-order valence-corrected chi connectivity index (χ2v) is 6.41. The van der Waals surface area contributed by atoms with E-state index in [4.69, 9.17) is 11.6 Å². The third-order valence-corrected chi connectivity index (χ3v) is 4.18. The van der Waals surface area contributed by atoms with E-state index in [1.807, 2.05) is 6.07 Å². The maximum Gasteiger partial charge on any atom is 0.573 e. The molecule has 1 saturated heterocycles. The molecule has 1 aliphatic rings. The molecule has 2 aromatic rings. The highest BCUT2D eigenvalue weighted by atomic mass is 35.5. The van der Waals surface area contributed by atoms with E-state index in [2.05, 4.69) is 31.9 Å². The molecule has 5 nitrogen and oxygen atoms in total. The lowest BCUT2D eigenvalue weighted by Gasteiger charge is -2.33. The van der Waals surface area contributed by atoms with Crippen LogP contribution in [0.2, 0.25) is 5.15 Å². The summed E-state index contributed by atoms with van der Waals surface area (Å²) in [5.41, 5.74) is 1.33. The summed E-state index contributed by atoms with van der Waals surface area (Å²) in [4.78, 5) is 8.76. The fourth-order valence-corrected chi connectivity index (χ4v) is 2.86. The van der Waals surface area contributed by atoms with Crippen LogP contribution in [0, 0.1) is 0 Å². The first-order chi connectivity index (χ1) is 12.3. The first-order valence-electron chi connectivity index (χ1n) is 8.02. The fraction of sp³-hybridized carbons (Fsp3) is 0.353. The standard InChI is InChI=1S/C17H18ClF3N4O/c1-24-6-8-25(9-7-24)16-11-13(10-15(18)23-16)22-12-2-4-14(5-3-12)26-17(19,20)21/h2-5,10-11H,6-9H2,1H3,(H,22,23). The van der Waals surface area contributed by atoms with Gasteiger partial charge in [0, 0.05) is 43.6 Å². The molecule has 0 saturated carbocycles. The zero-order valence-electron chi connectivity index (χ0n) is 14.1. The highest BCUT2D eigenvalue weighted by molar-refractivity contribution is 6.29. The molecule has 0 amide bonds. The molecule has 0 spiro atoms. The van der Waals surface area contributed by atoms with Crippen LogP contribution < -0.4 is 15.0 Å². The van der Waals surface area contributed by atoms with Crippen molar-refractivity contribution in [2.75, 3.05) is 43.4 Å². The zero-order valence-corrected chi connectivity index (χ0v) is 14.8. The number of benzene rings is 1. The lowest BCUT2D eigenvalue weighted by Crippen LogP contribution is -2.44. The van der Waals surface area contributed by atoms with E-state index in [1.165, 1.54) is 24.3 Å². The SMILES string of the molecule is CN1CCN(c2cc(Nc3ccc(OC(F)(F)F)cc3)cc(Cl)n2)CC1. The highest BCUT2D eigenvalue weighted by Crippen LogP contribution is 2.28. The van der Waals surface area contributed by atoms with Crippen LogP contribution in [0.15, 0.2) is 36.4 Å². The van der Waals surface area contributed by atoms with Crippen molar-refractivity contribution < 1.29 is 17.9 Å². The number of hydrogen-bond donors (Lipinski definition) is 1. The summed E-state index contributed by atoms with van der Waals surface area (Å²) >= 11 is 6.13. The van der Waals surface area contributed by atoms with Gasteiger partial charge in [-0.15, -0.1) is 13.2 Å². The molecule has 140 valence electrons. The zero-order chi connectivity index (χ0) is 18.7. The van der Waals surface area contributed by atoms with Gasteiger partial charge < -0.3 is 19.9 Å². The van der Waals surface area contributed by atoms with Crippen molar-refractivity contribution in [1.82, 2.24) is 9.88 Å². The van der Waals surface area contributed by atoms with Crippen molar-refractivity contribution in [2.24, 2.45) is 0 Å². The van der Waals surface area contributed by atoms with Crippen LogP contribution in [0.5, 0.6) is 5.75 Å². The Hall–Kier alpha value is -2.19. The molecule has 2 heterocycles. The number of hydrogen-bond acceptors (Lipinski definition) is 5. The Labute approximate surface area is 154 Å². The predicted octanol–water partition coefficient (Wildman–Crippen LogP) is 4.13. The smallest absolute Gasteiger partial charge is 0.406 e. The second kappa shape index (κ2) is 7.59. The van der Waals surface area contributed by atoms with Gasteiger partial charge in [0.05, 0.1) is 0 Å². The van der Waals surface area contributed by atoms with Gasteiger partial charge in [-0.25, -0.2) is 4.98 Å². The second-order valence-electron chi connectivity index (χ2n) is 6.02. The first kappa shape index (κ1) is 18.6. The first-order valence-corrected chi connectivity index (χ1v) is 8.40. The van der Waals surface area contributed by atoms with E-state index in [0.717, 1.165) is 32.0 Å². The molecule has 0 unspecified atom stereocenters. The van der Waals surface area contributed by atoms with Crippen molar-refractivity contribution >= 4 is 28.8 Å². The van der Waals surface area contributed by atoms with Crippen molar-refractivity contribution in [3.8, 4) is 5.75 Å². The maximum absolute atomic E-state index is 12.2. The minimum absolute atomic E-state index is 0.270. The highest BCUT2D eigenvalue weighted by Gasteiger charge is 2.30. The quantitative estimate of drug-likeness (QED) is 0.800. The van der Waals surface area contributed by atoms with Crippen molar-refractivity contribution in [3.05, 3.63) is 41.6 Å². The summed E-state index contributed by atoms with van der Waals surface area (Å²) in [6.07, 6.45) is -4.70. The third-order valence-electron chi connectivity index (χ3n) is 3.98. The number of aromatic nitrogens is 1. The molecule has 0 aliphatic carbocycles. The molecule has 0 radical (unpaired) electrons. The average molecular weight is 387 g/mol. The van der Waals surface area contributed by atoms with Crippen LogP contribution in [0.1, 0.15) is 0 Å². The fourth-order valence-electron chi connectivity index (χ4n) is 2.66. The van der Waals surface area contributed by atoms with Gasteiger partial charge in [0.15, 0.2) is 0 Å². The number of halogens is 4. The molecular weight excluding hydrogens is 369 g/mol. The minimum atomic E-state index is -4.70. The van der Waals surface area contributed by atoms with Gasteiger partial charge in [-0.05, 0) is 37.4 Å². The molecule has 26 heavy (non-hydrogen) atoms. The number of piperazine rings is 1. The van der Waals surface area contributed by atoms with E-state index < -0.39 is 6.36 Å². The van der Waals surface area contributed by atoms with Gasteiger partial charge in [-0.2, -0.15) is 0 Å². The van der Waals surface area contributed by atoms with Crippen LogP contribution in [-0.2, 0) is 0 Å². The Morgan fingerprint density at radius 3 is 2.31 bits per heavy atom. The van der Waals surface area contributed by atoms with Crippen LogP contribution in [0.4, 0.5) is 30.4 Å². The van der Waals surface area contributed by atoms with Gasteiger partial charge in [0.1, 0.15) is 16.7 Å². The number of likely N-dealkylation sites (N-methyl/N-ethyl adjacent to an activating group) is 1. The summed E-state index contributed by atoms with van der Waals surface area (Å²) in [7, 11) is 2.07. The summed E-state index contributed by atoms with van der Waals surface area (Å²) < 4.78 is 40.5. The normalized spacial score (nSPS) is 15.8. The van der Waals surface area contributed by atoms with E-state index in [-0.39, 0.29) is 5.75 Å². The number of pyridine rings is 1. The van der Waals surface area contributed by atoms with Gasteiger partial charge in [0.25, 0.3) is 0 Å². The van der Waals surface area contributed by atoms with E-state index in [0.29, 0.717) is 16.5 Å². The molecular formula is C17H18ClF3N4O. The summed E-state index contributed by atoms with van der Waals surface area (Å²) in [6.45, 7) is 3.59. The van der Waals surface area contributed by atoms with Gasteiger partial charge >= 0.3 is 6.36 Å². The van der Waals surface area contributed by atoms with E-state index >= 15 is 0 Å². The average Bonchev–Trinajstić information content (AvgIpc) is 2.55. The summed E-state index contributed by atoms with van der Waals surface area (Å²) in [6, 6.07) is 9.05. The van der Waals surface area contributed by atoms with Crippen LogP contribution in [0.3, 0.4) is 0 Å². The number of anilines is 3. The molecule has 0 bridgehead atoms. The number of nitrogens with one attached hydrogen (secondary N) is 1. The van der Waals surface area contributed by atoms with Crippen molar-refractivity contribution in [3.63, 3.8) is 0 Å². The molecule has 1 N–H and O–H groups in total.